The van der Waals surface area contributed by atoms with E-state index in [2.05, 4.69) is 5.32 Å². The standard InChI is InChI=1S/C16H20N2O6S/c1-11(19)17-13-5-3-12(4-6-13)16(21)24-9-15(20)18(2)14-7-8-25(22,23)10-14/h3-6,14H,7-10H2,1-2H3,(H,17,19)/t14-/m0/s1. The van der Waals surface area contributed by atoms with E-state index in [4.69, 9.17) is 4.74 Å². The Balaban J connectivity index is 1.86. The van der Waals surface area contributed by atoms with E-state index in [1.165, 1.54) is 31.0 Å². The first-order valence-corrected chi connectivity index (χ1v) is 9.51. The molecule has 8 nitrogen and oxygen atoms in total. The average molecular weight is 368 g/mol. The average Bonchev–Trinajstić information content (AvgIpc) is 2.91. The Morgan fingerprint density at radius 3 is 2.40 bits per heavy atom. The number of amides is 2. The Labute approximate surface area is 146 Å². The molecular formula is C16H20N2O6S. The number of anilines is 1. The van der Waals surface area contributed by atoms with Gasteiger partial charge in [0.05, 0.1) is 17.1 Å². The lowest BCUT2D eigenvalue weighted by atomic mass is 10.2. The number of carbonyl (C=O) groups is 3. The summed E-state index contributed by atoms with van der Waals surface area (Å²) in [5.41, 5.74) is 0.787. The van der Waals surface area contributed by atoms with Gasteiger partial charge in [-0.15, -0.1) is 0 Å². The van der Waals surface area contributed by atoms with Gasteiger partial charge in [0.25, 0.3) is 5.91 Å². The highest BCUT2D eigenvalue weighted by Crippen LogP contribution is 2.17. The maximum atomic E-state index is 12.1. The molecule has 1 heterocycles. The van der Waals surface area contributed by atoms with Crippen molar-refractivity contribution in [1.82, 2.24) is 4.90 Å². The summed E-state index contributed by atoms with van der Waals surface area (Å²) >= 11 is 0. The van der Waals surface area contributed by atoms with E-state index in [0.29, 0.717) is 12.1 Å². The molecule has 1 aliphatic heterocycles. The minimum atomic E-state index is -3.09. The van der Waals surface area contributed by atoms with Crippen LogP contribution in [-0.2, 0) is 24.2 Å². The smallest absolute Gasteiger partial charge is 0.338 e. The molecule has 9 heteroatoms. The number of hydrogen-bond acceptors (Lipinski definition) is 6. The number of carbonyl (C=O) groups excluding carboxylic acids is 3. The molecule has 25 heavy (non-hydrogen) atoms. The number of rotatable bonds is 5. The molecule has 0 radical (unpaired) electrons. The SMILES string of the molecule is CC(=O)Nc1ccc(C(=O)OCC(=O)N(C)[C@H]2CCS(=O)(=O)C2)cc1. The summed E-state index contributed by atoms with van der Waals surface area (Å²) in [4.78, 5) is 36.3. The van der Waals surface area contributed by atoms with Crippen molar-refractivity contribution in [2.24, 2.45) is 0 Å². The number of ether oxygens (including phenoxy) is 1. The molecule has 1 aromatic carbocycles. The number of sulfone groups is 1. The van der Waals surface area contributed by atoms with Crippen LogP contribution in [0, 0.1) is 0 Å². The molecule has 1 aliphatic rings. The van der Waals surface area contributed by atoms with Crippen LogP contribution in [0.3, 0.4) is 0 Å². The van der Waals surface area contributed by atoms with Crippen molar-refractivity contribution in [3.63, 3.8) is 0 Å². The van der Waals surface area contributed by atoms with E-state index in [1.807, 2.05) is 0 Å². The lowest BCUT2D eigenvalue weighted by Gasteiger charge is -2.23. The summed E-state index contributed by atoms with van der Waals surface area (Å²) in [5.74, 6) is -1.35. The molecular weight excluding hydrogens is 348 g/mol. The second kappa shape index (κ2) is 7.64. The number of esters is 1. The number of nitrogens with one attached hydrogen (secondary N) is 1. The number of likely N-dealkylation sites (N-methyl/N-ethyl adjacent to an activating group) is 1. The van der Waals surface area contributed by atoms with Crippen molar-refractivity contribution in [3.8, 4) is 0 Å². The minimum absolute atomic E-state index is 0.0617. The van der Waals surface area contributed by atoms with Crippen LogP contribution in [-0.4, -0.2) is 62.3 Å². The van der Waals surface area contributed by atoms with E-state index in [1.54, 1.807) is 12.1 Å². The van der Waals surface area contributed by atoms with Crippen LogP contribution in [0.4, 0.5) is 5.69 Å². The zero-order valence-electron chi connectivity index (χ0n) is 14.0. The van der Waals surface area contributed by atoms with Gasteiger partial charge in [0, 0.05) is 25.7 Å². The Hall–Kier alpha value is -2.42. The third kappa shape index (κ3) is 5.28. The maximum Gasteiger partial charge on any atom is 0.338 e. The molecule has 136 valence electrons. The predicted octanol–water partition coefficient (Wildman–Crippen LogP) is 0.447. The fourth-order valence-corrected chi connectivity index (χ4v) is 4.26. The molecule has 0 aromatic heterocycles. The zero-order valence-corrected chi connectivity index (χ0v) is 14.8. The maximum absolute atomic E-state index is 12.1. The molecule has 1 atom stereocenters. The lowest BCUT2D eigenvalue weighted by molar-refractivity contribution is -0.134. The van der Waals surface area contributed by atoms with E-state index in [-0.39, 0.29) is 29.0 Å². The molecule has 0 saturated carbocycles. The first kappa shape index (κ1) is 18.9. The Kier molecular flexibility index (Phi) is 5.78. The monoisotopic (exact) mass is 368 g/mol. The van der Waals surface area contributed by atoms with Gasteiger partial charge in [-0.2, -0.15) is 0 Å². The summed E-state index contributed by atoms with van der Waals surface area (Å²) in [6, 6.07) is 5.68. The summed E-state index contributed by atoms with van der Waals surface area (Å²) in [7, 11) is -1.59. The second-order valence-electron chi connectivity index (χ2n) is 5.90. The van der Waals surface area contributed by atoms with E-state index < -0.39 is 28.3 Å². The Morgan fingerprint density at radius 1 is 1.24 bits per heavy atom. The van der Waals surface area contributed by atoms with Gasteiger partial charge in [0.2, 0.25) is 5.91 Å². The first-order valence-electron chi connectivity index (χ1n) is 7.69. The van der Waals surface area contributed by atoms with Crippen LogP contribution in [0.1, 0.15) is 23.7 Å². The fraction of sp³-hybridized carbons (Fsp3) is 0.438. The number of nitrogens with zero attached hydrogens (tertiary/aromatic N) is 1. The van der Waals surface area contributed by atoms with Crippen LogP contribution >= 0.6 is 0 Å². The molecule has 0 aliphatic carbocycles. The van der Waals surface area contributed by atoms with Crippen LogP contribution in [0.5, 0.6) is 0 Å². The predicted molar refractivity (Wildman–Crippen MR) is 90.9 cm³/mol. The lowest BCUT2D eigenvalue weighted by Crippen LogP contribution is -2.40. The van der Waals surface area contributed by atoms with Crippen molar-refractivity contribution in [1.29, 1.82) is 0 Å². The van der Waals surface area contributed by atoms with Gasteiger partial charge < -0.3 is 15.0 Å². The van der Waals surface area contributed by atoms with E-state index >= 15 is 0 Å². The number of hydrogen-bond donors (Lipinski definition) is 1. The van der Waals surface area contributed by atoms with Gasteiger partial charge in [-0.1, -0.05) is 0 Å². The fourth-order valence-electron chi connectivity index (χ4n) is 2.49. The largest absolute Gasteiger partial charge is 0.452 e. The molecule has 1 saturated heterocycles. The molecule has 0 bridgehead atoms. The van der Waals surface area contributed by atoms with Gasteiger partial charge in [-0.3, -0.25) is 9.59 Å². The summed E-state index contributed by atoms with van der Waals surface area (Å²) in [6.45, 7) is 0.916. The molecule has 1 N–H and O–H groups in total. The molecule has 2 amide bonds. The van der Waals surface area contributed by atoms with Gasteiger partial charge in [0.1, 0.15) is 0 Å². The van der Waals surface area contributed by atoms with Gasteiger partial charge in [-0.25, -0.2) is 13.2 Å². The van der Waals surface area contributed by atoms with E-state index in [0.717, 1.165) is 0 Å². The normalized spacial score (nSPS) is 18.4. The molecule has 1 fully saturated rings. The number of benzene rings is 1. The highest BCUT2D eigenvalue weighted by Gasteiger charge is 2.32. The van der Waals surface area contributed by atoms with Gasteiger partial charge in [-0.05, 0) is 30.7 Å². The van der Waals surface area contributed by atoms with E-state index in [9.17, 15) is 22.8 Å². The highest BCUT2D eigenvalue weighted by atomic mass is 32.2. The van der Waals surface area contributed by atoms with Crippen molar-refractivity contribution in [3.05, 3.63) is 29.8 Å². The van der Waals surface area contributed by atoms with Crippen molar-refractivity contribution in [2.45, 2.75) is 19.4 Å². The van der Waals surface area contributed by atoms with Crippen LogP contribution < -0.4 is 5.32 Å². The van der Waals surface area contributed by atoms with Crippen molar-refractivity contribution in [2.75, 3.05) is 30.5 Å². The van der Waals surface area contributed by atoms with Crippen LogP contribution in [0.25, 0.3) is 0 Å². The first-order chi connectivity index (χ1) is 11.7. The Bertz CT molecular complexity index is 772. The topological polar surface area (TPSA) is 110 Å². The molecule has 0 unspecified atom stereocenters. The van der Waals surface area contributed by atoms with Crippen molar-refractivity contribution < 1.29 is 27.5 Å². The summed E-state index contributed by atoms with van der Waals surface area (Å²) in [5, 5.41) is 2.57. The van der Waals surface area contributed by atoms with Crippen LogP contribution in [0.2, 0.25) is 0 Å². The summed E-state index contributed by atoms with van der Waals surface area (Å²) in [6.07, 6.45) is 0.392. The van der Waals surface area contributed by atoms with Gasteiger partial charge in [0.15, 0.2) is 16.4 Å². The second-order valence-corrected chi connectivity index (χ2v) is 8.12. The molecule has 0 spiro atoms. The third-order valence-electron chi connectivity index (χ3n) is 3.92. The third-order valence-corrected chi connectivity index (χ3v) is 5.67. The Morgan fingerprint density at radius 2 is 1.88 bits per heavy atom. The zero-order chi connectivity index (χ0) is 18.6. The van der Waals surface area contributed by atoms with Crippen LogP contribution in [0.15, 0.2) is 24.3 Å². The quantitative estimate of drug-likeness (QED) is 0.756. The molecule has 2 rings (SSSR count). The van der Waals surface area contributed by atoms with Gasteiger partial charge >= 0.3 is 5.97 Å². The van der Waals surface area contributed by atoms with Crippen molar-refractivity contribution >= 4 is 33.3 Å². The highest BCUT2D eigenvalue weighted by molar-refractivity contribution is 7.91. The summed E-state index contributed by atoms with van der Waals surface area (Å²) < 4.78 is 27.9. The minimum Gasteiger partial charge on any atom is -0.452 e. The molecule has 1 aromatic rings.